The lowest BCUT2D eigenvalue weighted by Crippen LogP contribution is -2.04. The summed E-state index contributed by atoms with van der Waals surface area (Å²) in [5, 5.41) is 12.7. The van der Waals surface area contributed by atoms with Gasteiger partial charge in [0.1, 0.15) is 5.75 Å². The Morgan fingerprint density at radius 1 is 0.947 bits per heavy atom. The molecule has 0 amide bonds. The normalized spacial score (nSPS) is 11.7. The van der Waals surface area contributed by atoms with Crippen molar-refractivity contribution in [2.45, 2.75) is 40.5 Å². The van der Waals surface area contributed by atoms with Crippen LogP contribution in [0.2, 0.25) is 0 Å². The Balaban J connectivity index is 2.61. The van der Waals surface area contributed by atoms with Crippen molar-refractivity contribution in [2.24, 2.45) is 11.8 Å². The van der Waals surface area contributed by atoms with E-state index in [4.69, 9.17) is 0 Å². The molecule has 2 aromatic rings. The van der Waals surface area contributed by atoms with Gasteiger partial charge in [0.2, 0.25) is 0 Å². The van der Waals surface area contributed by atoms with E-state index < -0.39 is 0 Å². The number of aromatic hydroxyl groups is 1. The highest BCUT2D eigenvalue weighted by Crippen LogP contribution is 2.34. The molecule has 0 fully saturated rings. The number of fused-ring (bicyclic) bond motifs is 1. The molecule has 0 aromatic heterocycles. The maximum atomic E-state index is 10.6. The van der Waals surface area contributed by atoms with E-state index in [0.717, 1.165) is 29.2 Å². The third-order valence-electron chi connectivity index (χ3n) is 3.46. The van der Waals surface area contributed by atoms with Gasteiger partial charge in [-0.25, -0.2) is 0 Å². The van der Waals surface area contributed by atoms with Crippen molar-refractivity contribution in [3.8, 4) is 5.75 Å². The Hall–Kier alpha value is -1.50. The molecule has 0 unspecified atom stereocenters. The van der Waals surface area contributed by atoms with E-state index in [1.54, 1.807) is 0 Å². The Labute approximate surface area is 116 Å². The Bertz CT molecular complexity index is 567. The van der Waals surface area contributed by atoms with Crippen LogP contribution in [0.3, 0.4) is 0 Å². The van der Waals surface area contributed by atoms with Crippen LogP contribution in [-0.4, -0.2) is 5.11 Å². The molecule has 0 aliphatic heterocycles. The minimum atomic E-state index is 0.488. The topological polar surface area (TPSA) is 20.2 Å². The molecule has 0 heterocycles. The average molecular weight is 256 g/mol. The predicted molar refractivity (Wildman–Crippen MR) is 82.7 cm³/mol. The first-order chi connectivity index (χ1) is 8.99. The van der Waals surface area contributed by atoms with E-state index in [1.807, 2.05) is 18.2 Å². The van der Waals surface area contributed by atoms with Crippen molar-refractivity contribution < 1.29 is 5.11 Å². The van der Waals surface area contributed by atoms with Gasteiger partial charge in [0.15, 0.2) is 0 Å². The molecule has 0 atom stereocenters. The number of benzene rings is 2. The van der Waals surface area contributed by atoms with Crippen molar-refractivity contribution in [2.75, 3.05) is 0 Å². The maximum absolute atomic E-state index is 10.6. The highest BCUT2D eigenvalue weighted by molar-refractivity contribution is 5.90. The Morgan fingerprint density at radius 3 is 2.21 bits per heavy atom. The van der Waals surface area contributed by atoms with Crippen LogP contribution in [0.1, 0.15) is 38.8 Å². The maximum Gasteiger partial charge on any atom is 0.126 e. The van der Waals surface area contributed by atoms with Gasteiger partial charge in [-0.05, 0) is 41.2 Å². The lowest BCUT2D eigenvalue weighted by Gasteiger charge is -2.17. The zero-order valence-corrected chi connectivity index (χ0v) is 12.4. The molecule has 0 radical (unpaired) electrons. The molecule has 1 N–H and O–H groups in total. The van der Waals surface area contributed by atoms with Crippen molar-refractivity contribution in [3.05, 3.63) is 41.5 Å². The molecule has 2 rings (SSSR count). The summed E-state index contributed by atoms with van der Waals surface area (Å²) in [5.74, 6) is 1.65. The number of hydrogen-bond acceptors (Lipinski definition) is 1. The summed E-state index contributed by atoms with van der Waals surface area (Å²) < 4.78 is 0. The molecule has 0 saturated heterocycles. The van der Waals surface area contributed by atoms with Crippen LogP contribution in [-0.2, 0) is 12.8 Å². The van der Waals surface area contributed by atoms with Gasteiger partial charge in [-0.2, -0.15) is 0 Å². The molecule has 2 aromatic carbocycles. The van der Waals surface area contributed by atoms with E-state index in [9.17, 15) is 5.11 Å². The van der Waals surface area contributed by atoms with Crippen LogP contribution >= 0.6 is 0 Å². The molecule has 0 aliphatic carbocycles. The van der Waals surface area contributed by atoms with Gasteiger partial charge in [-0.15, -0.1) is 0 Å². The quantitative estimate of drug-likeness (QED) is 0.821. The van der Waals surface area contributed by atoms with Gasteiger partial charge in [-0.1, -0.05) is 58.0 Å². The number of hydrogen-bond donors (Lipinski definition) is 1. The summed E-state index contributed by atoms with van der Waals surface area (Å²) in [4.78, 5) is 0. The summed E-state index contributed by atoms with van der Waals surface area (Å²) in [6.45, 7) is 8.86. The fourth-order valence-corrected chi connectivity index (χ4v) is 2.69. The van der Waals surface area contributed by atoms with Crippen molar-refractivity contribution in [1.29, 1.82) is 0 Å². The predicted octanol–water partition coefficient (Wildman–Crippen LogP) is 4.94. The second kappa shape index (κ2) is 5.64. The van der Waals surface area contributed by atoms with Crippen LogP contribution < -0.4 is 0 Å². The molecule has 1 nitrogen and oxygen atoms in total. The minimum absolute atomic E-state index is 0.488. The third kappa shape index (κ3) is 3.09. The molecular weight excluding hydrogens is 232 g/mol. The smallest absolute Gasteiger partial charge is 0.126 e. The summed E-state index contributed by atoms with van der Waals surface area (Å²) >= 11 is 0. The minimum Gasteiger partial charge on any atom is -0.507 e. The molecule has 1 heteroatoms. The van der Waals surface area contributed by atoms with E-state index >= 15 is 0 Å². The standard InChI is InChI=1S/C18H24O/c1-12(2)9-15-11-14-7-5-6-8-16(14)18(19)17(15)10-13(3)4/h5-8,11-13,19H,9-10H2,1-4H3. The van der Waals surface area contributed by atoms with Gasteiger partial charge < -0.3 is 5.11 Å². The van der Waals surface area contributed by atoms with Crippen LogP contribution in [0.15, 0.2) is 30.3 Å². The zero-order chi connectivity index (χ0) is 14.0. The first kappa shape index (κ1) is 13.9. The molecule has 19 heavy (non-hydrogen) atoms. The third-order valence-corrected chi connectivity index (χ3v) is 3.46. The lowest BCUT2D eigenvalue weighted by atomic mass is 9.89. The Kier molecular flexibility index (Phi) is 4.14. The molecular formula is C18H24O. The van der Waals surface area contributed by atoms with E-state index in [-0.39, 0.29) is 0 Å². The van der Waals surface area contributed by atoms with Crippen LogP contribution in [0.4, 0.5) is 0 Å². The van der Waals surface area contributed by atoms with Gasteiger partial charge in [-0.3, -0.25) is 0 Å². The van der Waals surface area contributed by atoms with Gasteiger partial charge >= 0.3 is 0 Å². The molecule has 0 bridgehead atoms. The van der Waals surface area contributed by atoms with E-state index in [1.165, 1.54) is 5.56 Å². The van der Waals surface area contributed by atoms with Crippen molar-refractivity contribution in [1.82, 2.24) is 0 Å². The molecule has 0 aliphatic rings. The number of phenols is 1. The van der Waals surface area contributed by atoms with Gasteiger partial charge in [0.25, 0.3) is 0 Å². The summed E-state index contributed by atoms with van der Waals surface area (Å²) in [6.07, 6.45) is 1.97. The van der Waals surface area contributed by atoms with Gasteiger partial charge in [0.05, 0.1) is 0 Å². The first-order valence-corrected chi connectivity index (χ1v) is 7.21. The summed E-state index contributed by atoms with van der Waals surface area (Å²) in [7, 11) is 0. The SMILES string of the molecule is CC(C)Cc1cc2ccccc2c(O)c1CC(C)C. The zero-order valence-electron chi connectivity index (χ0n) is 12.4. The van der Waals surface area contributed by atoms with Crippen molar-refractivity contribution in [3.63, 3.8) is 0 Å². The Morgan fingerprint density at radius 2 is 1.58 bits per heavy atom. The highest BCUT2D eigenvalue weighted by atomic mass is 16.3. The second-order valence-corrected chi connectivity index (χ2v) is 6.28. The number of phenolic OH excluding ortho intramolecular Hbond substituents is 1. The lowest BCUT2D eigenvalue weighted by molar-refractivity contribution is 0.466. The summed E-state index contributed by atoms with van der Waals surface area (Å²) in [5.41, 5.74) is 2.45. The molecule has 102 valence electrons. The second-order valence-electron chi connectivity index (χ2n) is 6.28. The van der Waals surface area contributed by atoms with E-state index in [2.05, 4.69) is 39.8 Å². The van der Waals surface area contributed by atoms with Crippen LogP contribution in [0.25, 0.3) is 10.8 Å². The molecule has 0 saturated carbocycles. The first-order valence-electron chi connectivity index (χ1n) is 7.21. The van der Waals surface area contributed by atoms with Crippen LogP contribution in [0, 0.1) is 11.8 Å². The number of rotatable bonds is 4. The monoisotopic (exact) mass is 256 g/mol. The van der Waals surface area contributed by atoms with Crippen LogP contribution in [0.5, 0.6) is 5.75 Å². The summed E-state index contributed by atoms with van der Waals surface area (Å²) in [6, 6.07) is 10.4. The fraction of sp³-hybridized carbons (Fsp3) is 0.444. The average Bonchev–Trinajstić information content (AvgIpc) is 2.33. The molecule has 0 spiro atoms. The van der Waals surface area contributed by atoms with Gasteiger partial charge in [0, 0.05) is 5.39 Å². The fourth-order valence-electron chi connectivity index (χ4n) is 2.69. The van der Waals surface area contributed by atoms with E-state index in [0.29, 0.717) is 17.6 Å². The largest absolute Gasteiger partial charge is 0.507 e. The van der Waals surface area contributed by atoms with Crippen molar-refractivity contribution >= 4 is 10.8 Å². The highest BCUT2D eigenvalue weighted by Gasteiger charge is 2.14.